The maximum Gasteiger partial charge on any atom is 0.132 e. The van der Waals surface area contributed by atoms with E-state index in [0.29, 0.717) is 12.5 Å². The highest BCUT2D eigenvalue weighted by molar-refractivity contribution is 5.43. The normalized spacial score (nSPS) is 12.0. The largest absolute Gasteiger partial charge is 0.489 e. The fourth-order valence-electron chi connectivity index (χ4n) is 2.17. The van der Waals surface area contributed by atoms with Gasteiger partial charge in [0.2, 0.25) is 0 Å². The number of hydrogen-bond acceptors (Lipinski definition) is 3. The molecule has 0 amide bonds. The fourth-order valence-corrected chi connectivity index (χ4v) is 2.17. The summed E-state index contributed by atoms with van der Waals surface area (Å²) < 4.78 is 5.87. The predicted octanol–water partition coefficient (Wildman–Crippen LogP) is 4.61. The molecule has 1 N–H and O–H groups in total. The molecule has 112 valence electrons. The highest BCUT2D eigenvalue weighted by Crippen LogP contribution is 2.22. The zero-order chi connectivity index (χ0) is 15.1. The first-order valence-electron chi connectivity index (χ1n) is 7.65. The van der Waals surface area contributed by atoms with E-state index in [4.69, 9.17) is 4.74 Å². The number of nitrogens with one attached hydrogen (secondary N) is 1. The number of rotatable bonds is 7. The van der Waals surface area contributed by atoms with E-state index in [2.05, 4.69) is 43.2 Å². The first-order chi connectivity index (χ1) is 10.2. The molecule has 0 fully saturated rings. The van der Waals surface area contributed by atoms with Crippen molar-refractivity contribution in [3.05, 3.63) is 53.7 Å². The maximum absolute atomic E-state index is 5.87. The number of pyridine rings is 1. The maximum atomic E-state index is 5.87. The van der Waals surface area contributed by atoms with Gasteiger partial charge in [-0.15, -0.1) is 0 Å². The molecule has 1 aromatic heterocycles. The van der Waals surface area contributed by atoms with Crippen LogP contribution in [0.2, 0.25) is 0 Å². The molecule has 1 aromatic carbocycles. The summed E-state index contributed by atoms with van der Waals surface area (Å²) in [4.78, 5) is 4.34. The number of ether oxygens (including phenoxy) is 1. The zero-order valence-electron chi connectivity index (χ0n) is 13.1. The molecule has 2 rings (SSSR count). The van der Waals surface area contributed by atoms with Crippen molar-refractivity contribution in [1.82, 2.24) is 4.98 Å². The van der Waals surface area contributed by atoms with Crippen LogP contribution in [0.15, 0.2) is 42.6 Å². The van der Waals surface area contributed by atoms with Gasteiger partial charge in [0.05, 0.1) is 0 Å². The lowest BCUT2D eigenvalue weighted by Crippen LogP contribution is -2.05. The standard InChI is InChI=1S/C18H24N2O/c1-4-14(3)15-8-10-17(11-9-15)21-13-16-7-6-12-20-18(16)19-5-2/h6-12,14H,4-5,13H2,1-3H3,(H,19,20). The smallest absolute Gasteiger partial charge is 0.132 e. The minimum atomic E-state index is 0.527. The van der Waals surface area contributed by atoms with Crippen molar-refractivity contribution in [2.75, 3.05) is 11.9 Å². The number of nitrogens with zero attached hydrogens (tertiary/aromatic N) is 1. The molecule has 2 aromatic rings. The molecular formula is C18H24N2O. The summed E-state index contributed by atoms with van der Waals surface area (Å²) in [5, 5.41) is 3.25. The molecule has 0 aliphatic rings. The molecule has 1 atom stereocenters. The van der Waals surface area contributed by atoms with E-state index in [-0.39, 0.29) is 0 Å². The average molecular weight is 284 g/mol. The van der Waals surface area contributed by atoms with Crippen molar-refractivity contribution in [2.24, 2.45) is 0 Å². The third-order valence-corrected chi connectivity index (χ3v) is 3.69. The molecule has 0 bridgehead atoms. The quantitative estimate of drug-likeness (QED) is 0.806. The summed E-state index contributed by atoms with van der Waals surface area (Å²) in [6.07, 6.45) is 2.95. The highest BCUT2D eigenvalue weighted by Gasteiger charge is 2.05. The van der Waals surface area contributed by atoms with Crippen LogP contribution in [-0.4, -0.2) is 11.5 Å². The molecule has 1 unspecified atom stereocenters. The summed E-state index contributed by atoms with van der Waals surface area (Å²) >= 11 is 0. The summed E-state index contributed by atoms with van der Waals surface area (Å²) in [7, 11) is 0. The van der Waals surface area contributed by atoms with Crippen LogP contribution in [0.25, 0.3) is 0 Å². The topological polar surface area (TPSA) is 34.2 Å². The first-order valence-corrected chi connectivity index (χ1v) is 7.65. The molecule has 3 nitrogen and oxygen atoms in total. The summed E-state index contributed by atoms with van der Waals surface area (Å²) in [6, 6.07) is 12.4. The Morgan fingerprint density at radius 2 is 1.90 bits per heavy atom. The van der Waals surface area contributed by atoms with Crippen LogP contribution >= 0.6 is 0 Å². The molecule has 1 heterocycles. The summed E-state index contributed by atoms with van der Waals surface area (Å²) in [5.74, 6) is 2.39. The minimum absolute atomic E-state index is 0.527. The van der Waals surface area contributed by atoms with Crippen molar-refractivity contribution in [2.45, 2.75) is 39.7 Å². The molecule has 0 aliphatic heterocycles. The van der Waals surface area contributed by atoms with Crippen molar-refractivity contribution in [1.29, 1.82) is 0 Å². The van der Waals surface area contributed by atoms with Crippen LogP contribution in [0.4, 0.5) is 5.82 Å². The second-order valence-corrected chi connectivity index (χ2v) is 5.21. The van der Waals surface area contributed by atoms with Gasteiger partial charge < -0.3 is 10.1 Å². The van der Waals surface area contributed by atoms with E-state index in [1.165, 1.54) is 5.56 Å². The van der Waals surface area contributed by atoms with Gasteiger partial charge >= 0.3 is 0 Å². The lowest BCUT2D eigenvalue weighted by molar-refractivity contribution is 0.306. The van der Waals surface area contributed by atoms with E-state index in [1.807, 2.05) is 24.3 Å². The van der Waals surface area contributed by atoms with Gasteiger partial charge in [-0.1, -0.05) is 32.0 Å². The van der Waals surface area contributed by atoms with Crippen LogP contribution in [-0.2, 0) is 6.61 Å². The summed E-state index contributed by atoms with van der Waals surface area (Å²) in [6.45, 7) is 7.90. The SMILES string of the molecule is CCNc1ncccc1COc1ccc(C(C)CC)cc1. The van der Waals surface area contributed by atoms with Gasteiger partial charge in [0.25, 0.3) is 0 Å². The van der Waals surface area contributed by atoms with Gasteiger partial charge in [0.15, 0.2) is 0 Å². The third-order valence-electron chi connectivity index (χ3n) is 3.69. The first kappa shape index (κ1) is 15.4. The predicted molar refractivity (Wildman–Crippen MR) is 87.9 cm³/mol. The lowest BCUT2D eigenvalue weighted by atomic mass is 9.99. The van der Waals surface area contributed by atoms with Crippen molar-refractivity contribution in [3.63, 3.8) is 0 Å². The monoisotopic (exact) mass is 284 g/mol. The van der Waals surface area contributed by atoms with Crippen LogP contribution in [0, 0.1) is 0 Å². The summed E-state index contributed by atoms with van der Waals surface area (Å²) in [5.41, 5.74) is 2.44. The Kier molecular flexibility index (Phi) is 5.61. The third kappa shape index (κ3) is 4.22. The average Bonchev–Trinajstić information content (AvgIpc) is 2.54. The molecule has 0 saturated carbocycles. The van der Waals surface area contributed by atoms with Crippen LogP contribution in [0.1, 0.15) is 44.2 Å². The fraction of sp³-hybridized carbons (Fsp3) is 0.389. The Morgan fingerprint density at radius 3 is 2.57 bits per heavy atom. The van der Waals surface area contributed by atoms with Crippen LogP contribution in [0.5, 0.6) is 5.75 Å². The number of hydrogen-bond donors (Lipinski definition) is 1. The van der Waals surface area contributed by atoms with Crippen LogP contribution in [0.3, 0.4) is 0 Å². The molecule has 0 aliphatic carbocycles. The van der Waals surface area contributed by atoms with E-state index in [0.717, 1.165) is 30.1 Å². The van der Waals surface area contributed by atoms with Gasteiger partial charge in [-0.3, -0.25) is 0 Å². The zero-order valence-corrected chi connectivity index (χ0v) is 13.1. The van der Waals surface area contributed by atoms with E-state index < -0.39 is 0 Å². The minimum Gasteiger partial charge on any atom is -0.489 e. The Balaban J connectivity index is 2.00. The Hall–Kier alpha value is -2.03. The second kappa shape index (κ2) is 7.67. The number of anilines is 1. The number of aromatic nitrogens is 1. The number of benzene rings is 1. The van der Waals surface area contributed by atoms with Gasteiger partial charge in [-0.25, -0.2) is 4.98 Å². The van der Waals surface area contributed by atoms with Gasteiger partial charge in [0.1, 0.15) is 18.2 Å². The van der Waals surface area contributed by atoms with Crippen molar-refractivity contribution >= 4 is 5.82 Å². The Bertz CT molecular complexity index is 551. The van der Waals surface area contributed by atoms with E-state index in [1.54, 1.807) is 6.20 Å². The van der Waals surface area contributed by atoms with Gasteiger partial charge in [0, 0.05) is 18.3 Å². The van der Waals surface area contributed by atoms with Crippen molar-refractivity contribution < 1.29 is 4.74 Å². The molecule has 0 radical (unpaired) electrons. The van der Waals surface area contributed by atoms with Gasteiger partial charge in [-0.05, 0) is 43.0 Å². The molecule has 21 heavy (non-hydrogen) atoms. The molecule has 3 heteroatoms. The second-order valence-electron chi connectivity index (χ2n) is 5.21. The molecule has 0 saturated heterocycles. The Morgan fingerprint density at radius 1 is 1.14 bits per heavy atom. The van der Waals surface area contributed by atoms with Crippen molar-refractivity contribution in [3.8, 4) is 5.75 Å². The van der Waals surface area contributed by atoms with E-state index >= 15 is 0 Å². The molecular weight excluding hydrogens is 260 g/mol. The highest BCUT2D eigenvalue weighted by atomic mass is 16.5. The lowest BCUT2D eigenvalue weighted by Gasteiger charge is -2.12. The Labute approximate surface area is 127 Å². The van der Waals surface area contributed by atoms with E-state index in [9.17, 15) is 0 Å². The van der Waals surface area contributed by atoms with Crippen LogP contribution < -0.4 is 10.1 Å². The molecule has 0 spiro atoms. The van der Waals surface area contributed by atoms with Gasteiger partial charge in [-0.2, -0.15) is 0 Å².